The number of hydrogen-bond donors (Lipinski definition) is 0. The number of rotatable bonds is 1. The third-order valence-electron chi connectivity index (χ3n) is 0.833. The Morgan fingerprint density at radius 1 is 0.900 bits per heavy atom. The molecule has 0 unspecified atom stereocenters. The fourth-order valence-electron chi connectivity index (χ4n) is 0.385. The molecule has 0 aliphatic carbocycles. The van der Waals surface area contributed by atoms with Crippen molar-refractivity contribution in [1.29, 1.82) is 0 Å². The summed E-state index contributed by atoms with van der Waals surface area (Å²) in [6, 6.07) is 6.00. The molecule has 1 heterocycles. The van der Waals surface area contributed by atoms with E-state index >= 15 is 0 Å². The van der Waals surface area contributed by atoms with E-state index in [-0.39, 0.29) is 0 Å². The molecule has 0 radical (unpaired) electrons. The molecular formula is C7H11BS2. The van der Waals surface area contributed by atoms with E-state index in [2.05, 4.69) is 12.5 Å². The molecule has 0 N–H and O–H groups in total. The zero-order chi connectivity index (χ0) is 7.66. The molecule has 3 heteroatoms. The molecule has 0 aliphatic heterocycles. The summed E-state index contributed by atoms with van der Waals surface area (Å²) in [5.74, 6) is 4.00. The van der Waals surface area contributed by atoms with Gasteiger partial charge >= 0.3 is 37.0 Å². The minimum atomic E-state index is 1.77. The molecule has 0 atom stereocenters. The van der Waals surface area contributed by atoms with Gasteiger partial charge < -0.3 is 0 Å². The molecular weight excluding hydrogens is 159 g/mol. The van der Waals surface area contributed by atoms with Gasteiger partial charge in [-0.15, -0.1) is 0 Å². The van der Waals surface area contributed by atoms with Crippen LogP contribution in [0.2, 0.25) is 0 Å². The van der Waals surface area contributed by atoms with Crippen molar-refractivity contribution in [3.63, 3.8) is 0 Å². The molecule has 0 spiro atoms. The van der Waals surface area contributed by atoms with Gasteiger partial charge in [0.1, 0.15) is 0 Å². The second-order valence-corrected chi connectivity index (χ2v) is 4.15. The van der Waals surface area contributed by atoms with Crippen molar-refractivity contribution in [1.82, 2.24) is 0 Å². The second kappa shape index (κ2) is 9.11. The van der Waals surface area contributed by atoms with E-state index in [9.17, 15) is 0 Å². The maximum atomic E-state index is 2.06. The fourth-order valence-corrected chi connectivity index (χ4v) is 0.385. The summed E-state index contributed by atoms with van der Waals surface area (Å²) in [6.07, 6.45) is 4.12. The van der Waals surface area contributed by atoms with Crippen molar-refractivity contribution in [3.05, 3.63) is 30.1 Å². The van der Waals surface area contributed by atoms with Crippen LogP contribution >= 0.6 is 21.6 Å². The molecule has 0 nitrogen and oxygen atoms in total. The van der Waals surface area contributed by atoms with Gasteiger partial charge in [-0.2, -0.15) is 0 Å². The van der Waals surface area contributed by atoms with Crippen LogP contribution in [-0.2, 0) is 0 Å². The van der Waals surface area contributed by atoms with Gasteiger partial charge in [0.15, 0.2) is 0 Å². The molecule has 1 aromatic heterocycles. The molecule has 1 rings (SSSR count). The molecule has 0 aromatic carbocycles. The summed E-state index contributed by atoms with van der Waals surface area (Å²) in [6.45, 7) is 2.00. The summed E-state index contributed by atoms with van der Waals surface area (Å²) < 4.78 is 0. The third-order valence-corrected chi connectivity index (χ3v) is 2.17. The molecule has 0 fully saturated rings. The molecule has 54 valence electrons. The number of hydrogen-bond acceptors (Lipinski definition) is 2. The van der Waals surface area contributed by atoms with Crippen LogP contribution in [0.3, 0.4) is 0 Å². The molecule has 0 bridgehead atoms. The van der Waals surface area contributed by atoms with Crippen molar-refractivity contribution < 1.29 is 0 Å². The van der Waals surface area contributed by atoms with Gasteiger partial charge in [0, 0.05) is 0 Å². The van der Waals surface area contributed by atoms with Gasteiger partial charge in [0.25, 0.3) is 0 Å². The van der Waals surface area contributed by atoms with Crippen molar-refractivity contribution in [2.75, 3.05) is 12.5 Å². The quantitative estimate of drug-likeness (QED) is 0.594. The van der Waals surface area contributed by atoms with Crippen molar-refractivity contribution in [2.24, 2.45) is 0 Å². The van der Waals surface area contributed by atoms with Crippen molar-refractivity contribution in [3.8, 4) is 0 Å². The van der Waals surface area contributed by atoms with Gasteiger partial charge in [-0.3, -0.25) is 0 Å². The standard InChI is InChI=1S/C5H5B.C2H6S2/c1-2-4-6-5-3-1;1-3-4-2/h1-5H;1-2H3. The Morgan fingerprint density at radius 2 is 1.40 bits per heavy atom. The molecule has 1 aromatic rings. The summed E-state index contributed by atoms with van der Waals surface area (Å²) in [7, 11) is 3.55. The van der Waals surface area contributed by atoms with Crippen LogP contribution in [0.15, 0.2) is 30.1 Å². The first kappa shape index (κ1) is 10.1. The van der Waals surface area contributed by atoms with Gasteiger partial charge in [0.2, 0.25) is 0 Å². The summed E-state index contributed by atoms with van der Waals surface area (Å²) in [4.78, 5) is 0. The summed E-state index contributed by atoms with van der Waals surface area (Å²) >= 11 is 0. The Morgan fingerprint density at radius 3 is 1.50 bits per heavy atom. The van der Waals surface area contributed by atoms with Crippen molar-refractivity contribution >= 4 is 28.5 Å². The van der Waals surface area contributed by atoms with Crippen LogP contribution in [0.25, 0.3) is 0 Å². The van der Waals surface area contributed by atoms with Gasteiger partial charge in [0.05, 0.1) is 0 Å². The molecule has 0 amide bonds. The van der Waals surface area contributed by atoms with E-state index in [1.54, 1.807) is 21.6 Å². The van der Waals surface area contributed by atoms with Crippen LogP contribution in [0.5, 0.6) is 0 Å². The Kier molecular flexibility index (Phi) is 9.22. The van der Waals surface area contributed by atoms with Crippen LogP contribution in [0, 0.1) is 0 Å². The van der Waals surface area contributed by atoms with Gasteiger partial charge in [-0.25, -0.2) is 0 Å². The average Bonchev–Trinajstić information content (AvgIpc) is 2.08. The summed E-state index contributed by atoms with van der Waals surface area (Å²) in [5, 5.41) is 0. The zero-order valence-corrected chi connectivity index (χ0v) is 7.91. The molecule has 0 saturated heterocycles. The Labute approximate surface area is 71.4 Å². The van der Waals surface area contributed by atoms with E-state index in [1.165, 1.54) is 0 Å². The first-order valence-electron chi connectivity index (χ1n) is 2.98. The first-order valence-corrected chi connectivity index (χ1v) is 5.95. The van der Waals surface area contributed by atoms with Crippen LogP contribution in [-0.4, -0.2) is 19.4 Å². The molecule has 0 saturated carbocycles. The first-order chi connectivity index (χ1) is 4.91. The van der Waals surface area contributed by atoms with Crippen LogP contribution in [0.4, 0.5) is 0 Å². The van der Waals surface area contributed by atoms with E-state index in [0.717, 1.165) is 0 Å². The summed E-state index contributed by atoms with van der Waals surface area (Å²) in [5.41, 5.74) is 0. The topological polar surface area (TPSA) is 0 Å². The van der Waals surface area contributed by atoms with Crippen LogP contribution < -0.4 is 0 Å². The van der Waals surface area contributed by atoms with Gasteiger partial charge in [-0.05, 0) is 12.5 Å². The predicted molar refractivity (Wildman–Crippen MR) is 54.8 cm³/mol. The second-order valence-electron chi connectivity index (χ2n) is 1.49. The van der Waals surface area contributed by atoms with E-state index in [0.29, 0.717) is 0 Å². The van der Waals surface area contributed by atoms with Gasteiger partial charge in [-0.1, -0.05) is 21.6 Å². The monoisotopic (exact) mass is 170 g/mol. The normalized spacial score (nSPS) is 7.40. The molecule has 10 heavy (non-hydrogen) atoms. The fraction of sp³-hybridized carbons (Fsp3) is 0.286. The van der Waals surface area contributed by atoms with Crippen LogP contribution in [0.1, 0.15) is 0 Å². The minimum absolute atomic E-state index is 1.77. The Balaban J connectivity index is 0.000000180. The SMILES string of the molecule is CSSC.b1ccccc1. The Bertz CT molecular complexity index is 104. The maximum absolute atomic E-state index is 2.06. The third kappa shape index (κ3) is 8.11. The molecule has 0 aliphatic rings. The van der Waals surface area contributed by atoms with E-state index in [4.69, 9.17) is 0 Å². The Hall–Kier alpha value is 0.115. The van der Waals surface area contributed by atoms with E-state index in [1.807, 2.05) is 37.0 Å². The van der Waals surface area contributed by atoms with Crippen molar-refractivity contribution in [2.45, 2.75) is 0 Å². The average molecular weight is 170 g/mol. The zero-order valence-electron chi connectivity index (χ0n) is 6.28. The predicted octanol–water partition coefficient (Wildman–Crippen LogP) is 2.65. The van der Waals surface area contributed by atoms with E-state index < -0.39 is 0 Å².